The van der Waals surface area contributed by atoms with E-state index in [1.165, 1.54) is 12.3 Å². The van der Waals surface area contributed by atoms with E-state index in [0.29, 0.717) is 12.0 Å². The van der Waals surface area contributed by atoms with Crippen molar-refractivity contribution in [3.05, 3.63) is 36.5 Å². The van der Waals surface area contributed by atoms with Gasteiger partial charge < -0.3 is 5.32 Å². The fourth-order valence-corrected chi connectivity index (χ4v) is 2.29. The highest BCUT2D eigenvalue weighted by molar-refractivity contribution is 7.90. The number of aromatic nitrogens is 1. The first-order valence-electron chi connectivity index (χ1n) is 6.41. The number of pyridine rings is 1. The van der Waals surface area contributed by atoms with E-state index in [1.54, 1.807) is 12.1 Å². The second-order valence-electron chi connectivity index (χ2n) is 4.66. The summed E-state index contributed by atoms with van der Waals surface area (Å²) >= 11 is 0. The van der Waals surface area contributed by atoms with E-state index in [-0.39, 0.29) is 23.4 Å². The normalized spacial score (nSPS) is 12.7. The summed E-state index contributed by atoms with van der Waals surface area (Å²) in [6, 6.07) is 3.15. The van der Waals surface area contributed by atoms with Crippen LogP contribution in [0.1, 0.15) is 25.3 Å². The molecule has 0 aliphatic heterocycles. The lowest BCUT2D eigenvalue weighted by Crippen LogP contribution is -2.24. The molecule has 0 aromatic carbocycles. The van der Waals surface area contributed by atoms with Gasteiger partial charge in [-0.25, -0.2) is 13.4 Å². The lowest BCUT2D eigenvalue weighted by atomic mass is 10.0. The summed E-state index contributed by atoms with van der Waals surface area (Å²) in [6.45, 7) is 5.98. The molecule has 1 rings (SSSR count). The van der Waals surface area contributed by atoms with Crippen molar-refractivity contribution in [2.45, 2.75) is 31.3 Å². The van der Waals surface area contributed by atoms with Crippen LogP contribution < -0.4 is 5.32 Å². The maximum absolute atomic E-state index is 11.7. The molecule has 0 saturated carbocycles. The number of hydrogen-bond acceptors (Lipinski definition) is 4. The van der Waals surface area contributed by atoms with Gasteiger partial charge in [0.1, 0.15) is 0 Å². The minimum absolute atomic E-state index is 0.0155. The van der Waals surface area contributed by atoms with Crippen molar-refractivity contribution in [2.75, 3.05) is 6.26 Å². The molecule has 1 N–H and O–H groups in total. The first-order chi connectivity index (χ1) is 9.36. The molecule has 0 aliphatic rings. The van der Waals surface area contributed by atoms with Gasteiger partial charge in [0, 0.05) is 25.4 Å². The molecule has 110 valence electrons. The van der Waals surface area contributed by atoms with Gasteiger partial charge in [0.05, 0.1) is 0 Å². The standard InChI is InChI=1S/C14H20N2O3S/c1-4-11(5-2)8-13(17)16-10-12-6-7-15-14(9-12)20(3,18)19/h4,6-7,9,11H,1,5,8,10H2,2-3H3,(H,16,17). The maximum atomic E-state index is 11.7. The molecule has 20 heavy (non-hydrogen) atoms. The second-order valence-corrected chi connectivity index (χ2v) is 6.62. The van der Waals surface area contributed by atoms with Crippen LogP contribution in [0, 0.1) is 5.92 Å². The van der Waals surface area contributed by atoms with Crippen LogP contribution in [-0.4, -0.2) is 25.6 Å². The van der Waals surface area contributed by atoms with Gasteiger partial charge in [-0.2, -0.15) is 0 Å². The van der Waals surface area contributed by atoms with Crippen LogP contribution in [0.5, 0.6) is 0 Å². The van der Waals surface area contributed by atoms with E-state index >= 15 is 0 Å². The molecule has 1 atom stereocenters. The lowest BCUT2D eigenvalue weighted by molar-refractivity contribution is -0.121. The number of allylic oxidation sites excluding steroid dienone is 1. The predicted molar refractivity (Wildman–Crippen MR) is 77.8 cm³/mol. The number of rotatable bonds is 7. The number of hydrogen-bond donors (Lipinski definition) is 1. The van der Waals surface area contributed by atoms with Crippen LogP contribution in [0.2, 0.25) is 0 Å². The van der Waals surface area contributed by atoms with E-state index in [2.05, 4.69) is 16.9 Å². The summed E-state index contributed by atoms with van der Waals surface area (Å²) in [7, 11) is -3.33. The molecule has 1 heterocycles. The van der Waals surface area contributed by atoms with Crippen molar-refractivity contribution in [2.24, 2.45) is 5.92 Å². The molecule has 0 bridgehead atoms. The van der Waals surface area contributed by atoms with Crippen molar-refractivity contribution in [3.8, 4) is 0 Å². The lowest BCUT2D eigenvalue weighted by Gasteiger charge is -2.10. The van der Waals surface area contributed by atoms with Gasteiger partial charge in [0.2, 0.25) is 5.91 Å². The van der Waals surface area contributed by atoms with Gasteiger partial charge in [-0.3, -0.25) is 4.79 Å². The summed E-state index contributed by atoms with van der Waals surface area (Å²) in [5.74, 6) is 0.0912. The predicted octanol–water partition coefficient (Wildman–Crippen LogP) is 1.70. The summed E-state index contributed by atoms with van der Waals surface area (Å²) < 4.78 is 22.8. The van der Waals surface area contributed by atoms with Crippen LogP contribution in [0.25, 0.3) is 0 Å². The zero-order chi connectivity index (χ0) is 15.2. The number of sulfone groups is 1. The first-order valence-corrected chi connectivity index (χ1v) is 8.30. The zero-order valence-corrected chi connectivity index (χ0v) is 12.6. The number of nitrogens with zero attached hydrogens (tertiary/aromatic N) is 1. The zero-order valence-electron chi connectivity index (χ0n) is 11.8. The SMILES string of the molecule is C=CC(CC)CC(=O)NCc1ccnc(S(C)(=O)=O)c1. The molecule has 0 fully saturated rings. The minimum Gasteiger partial charge on any atom is -0.352 e. The molecule has 0 spiro atoms. The Labute approximate surface area is 120 Å². The van der Waals surface area contributed by atoms with Crippen molar-refractivity contribution in [1.29, 1.82) is 0 Å². The van der Waals surface area contributed by atoms with Crippen LogP contribution in [0.15, 0.2) is 36.0 Å². The number of carbonyl (C=O) groups excluding carboxylic acids is 1. The third-order valence-corrected chi connectivity index (χ3v) is 3.96. The van der Waals surface area contributed by atoms with Gasteiger partial charge in [0.15, 0.2) is 14.9 Å². The van der Waals surface area contributed by atoms with Gasteiger partial charge in [-0.05, 0) is 30.0 Å². The van der Waals surface area contributed by atoms with Crippen molar-refractivity contribution in [1.82, 2.24) is 10.3 Å². The average Bonchev–Trinajstić information content (AvgIpc) is 2.42. The van der Waals surface area contributed by atoms with Gasteiger partial charge in [-0.1, -0.05) is 13.0 Å². The van der Waals surface area contributed by atoms with Crippen LogP contribution in [0.4, 0.5) is 0 Å². The third-order valence-electron chi connectivity index (χ3n) is 2.97. The Morgan fingerprint density at radius 1 is 1.55 bits per heavy atom. The van der Waals surface area contributed by atoms with Crippen LogP contribution in [0.3, 0.4) is 0 Å². The van der Waals surface area contributed by atoms with Crippen molar-refractivity contribution < 1.29 is 13.2 Å². The largest absolute Gasteiger partial charge is 0.352 e. The van der Waals surface area contributed by atoms with Gasteiger partial charge >= 0.3 is 0 Å². The van der Waals surface area contributed by atoms with Crippen LogP contribution >= 0.6 is 0 Å². The molecule has 0 aliphatic carbocycles. The Kier molecular flexibility index (Phi) is 5.88. The number of nitrogens with one attached hydrogen (secondary N) is 1. The fraction of sp³-hybridized carbons (Fsp3) is 0.429. The van der Waals surface area contributed by atoms with Gasteiger partial charge in [-0.15, -0.1) is 6.58 Å². The molecular formula is C14H20N2O3S. The monoisotopic (exact) mass is 296 g/mol. The van der Waals surface area contributed by atoms with E-state index in [1.807, 2.05) is 6.92 Å². The summed E-state index contributed by atoms with van der Waals surface area (Å²) in [6.07, 6.45) is 5.56. The van der Waals surface area contributed by atoms with E-state index in [0.717, 1.165) is 12.7 Å². The van der Waals surface area contributed by atoms with E-state index < -0.39 is 9.84 Å². The van der Waals surface area contributed by atoms with Crippen molar-refractivity contribution >= 4 is 15.7 Å². The molecular weight excluding hydrogens is 276 g/mol. The Morgan fingerprint density at radius 2 is 2.25 bits per heavy atom. The number of carbonyl (C=O) groups is 1. The fourth-order valence-electron chi connectivity index (χ4n) is 1.67. The quantitative estimate of drug-likeness (QED) is 0.777. The first kappa shape index (κ1) is 16.4. The molecule has 1 amide bonds. The molecule has 1 unspecified atom stereocenters. The average molecular weight is 296 g/mol. The highest BCUT2D eigenvalue weighted by atomic mass is 32.2. The molecule has 0 radical (unpaired) electrons. The molecule has 5 nitrogen and oxygen atoms in total. The molecule has 1 aromatic heterocycles. The summed E-state index contributed by atoms with van der Waals surface area (Å²) in [5.41, 5.74) is 0.709. The van der Waals surface area contributed by atoms with E-state index in [4.69, 9.17) is 0 Å². The summed E-state index contributed by atoms with van der Waals surface area (Å²) in [5, 5.41) is 2.78. The molecule has 0 saturated heterocycles. The second kappa shape index (κ2) is 7.19. The third kappa shape index (κ3) is 5.13. The van der Waals surface area contributed by atoms with Crippen LogP contribution in [-0.2, 0) is 21.2 Å². The Balaban J connectivity index is 2.62. The Bertz CT molecular complexity index is 582. The Morgan fingerprint density at radius 3 is 2.80 bits per heavy atom. The molecule has 6 heteroatoms. The Hall–Kier alpha value is -1.69. The highest BCUT2D eigenvalue weighted by Gasteiger charge is 2.11. The summed E-state index contributed by atoms with van der Waals surface area (Å²) in [4.78, 5) is 15.5. The minimum atomic E-state index is -3.33. The smallest absolute Gasteiger partial charge is 0.220 e. The number of amides is 1. The van der Waals surface area contributed by atoms with Crippen molar-refractivity contribution in [3.63, 3.8) is 0 Å². The topological polar surface area (TPSA) is 76.1 Å². The maximum Gasteiger partial charge on any atom is 0.220 e. The van der Waals surface area contributed by atoms with E-state index in [9.17, 15) is 13.2 Å². The van der Waals surface area contributed by atoms with Gasteiger partial charge in [0.25, 0.3) is 0 Å². The molecule has 1 aromatic rings. The highest BCUT2D eigenvalue weighted by Crippen LogP contribution is 2.10.